The summed E-state index contributed by atoms with van der Waals surface area (Å²) < 4.78 is 6.31. The fourth-order valence-electron chi connectivity index (χ4n) is 1.87. The first-order valence-electron chi connectivity index (χ1n) is 6.20. The molecule has 3 rings (SSSR count). The van der Waals surface area contributed by atoms with Crippen LogP contribution in [0.4, 0.5) is 5.13 Å². The molecule has 2 heterocycles. The van der Waals surface area contributed by atoms with Crippen molar-refractivity contribution in [1.82, 2.24) is 4.98 Å². The highest BCUT2D eigenvalue weighted by molar-refractivity contribution is 14.1. The minimum absolute atomic E-state index is 0.204. The zero-order valence-electron chi connectivity index (χ0n) is 11.1. The molecule has 1 amide bonds. The van der Waals surface area contributed by atoms with Crippen LogP contribution in [0, 0.1) is 10.5 Å². The molecular formula is C15H11IN2O2S. The van der Waals surface area contributed by atoms with Crippen LogP contribution in [-0.2, 0) is 0 Å². The van der Waals surface area contributed by atoms with Crippen LogP contribution in [0.15, 0.2) is 46.4 Å². The Balaban J connectivity index is 1.78. The number of hydrogen-bond acceptors (Lipinski definition) is 4. The molecule has 106 valence electrons. The van der Waals surface area contributed by atoms with Crippen molar-refractivity contribution >= 4 is 45.0 Å². The number of nitrogens with zero attached hydrogens (tertiary/aromatic N) is 1. The summed E-state index contributed by atoms with van der Waals surface area (Å²) in [6.45, 7) is 1.76. The van der Waals surface area contributed by atoms with Crippen molar-refractivity contribution in [2.45, 2.75) is 6.92 Å². The van der Waals surface area contributed by atoms with E-state index >= 15 is 0 Å². The van der Waals surface area contributed by atoms with Gasteiger partial charge >= 0.3 is 0 Å². The number of furan rings is 1. The summed E-state index contributed by atoms with van der Waals surface area (Å²) in [6, 6.07) is 9.74. The van der Waals surface area contributed by atoms with Gasteiger partial charge in [-0.15, -0.1) is 11.3 Å². The normalized spacial score (nSPS) is 10.6. The summed E-state index contributed by atoms with van der Waals surface area (Å²) in [7, 11) is 0. The van der Waals surface area contributed by atoms with E-state index in [2.05, 4.69) is 32.9 Å². The van der Waals surface area contributed by atoms with Crippen molar-refractivity contribution in [2.24, 2.45) is 0 Å². The van der Waals surface area contributed by atoms with Gasteiger partial charge in [-0.1, -0.05) is 12.1 Å². The molecule has 0 fully saturated rings. The Labute approximate surface area is 139 Å². The van der Waals surface area contributed by atoms with Crippen LogP contribution < -0.4 is 5.32 Å². The van der Waals surface area contributed by atoms with Crippen molar-refractivity contribution in [3.05, 3.63) is 56.9 Å². The number of rotatable bonds is 3. The second-order valence-corrected chi connectivity index (χ2v) is 6.49. The maximum atomic E-state index is 12.1. The van der Waals surface area contributed by atoms with Crippen LogP contribution in [-0.4, -0.2) is 10.9 Å². The van der Waals surface area contributed by atoms with Crippen molar-refractivity contribution in [3.8, 4) is 11.3 Å². The van der Waals surface area contributed by atoms with E-state index in [4.69, 9.17) is 4.42 Å². The zero-order valence-corrected chi connectivity index (χ0v) is 14.1. The minimum atomic E-state index is -0.204. The second kappa shape index (κ2) is 5.98. The monoisotopic (exact) mass is 410 g/mol. The van der Waals surface area contributed by atoms with Crippen LogP contribution in [0.3, 0.4) is 0 Å². The fourth-order valence-corrected chi connectivity index (χ4v) is 2.94. The lowest BCUT2D eigenvalue weighted by atomic mass is 10.2. The van der Waals surface area contributed by atoms with Gasteiger partial charge in [0.2, 0.25) is 0 Å². The van der Waals surface area contributed by atoms with E-state index in [1.165, 1.54) is 21.2 Å². The largest absolute Gasteiger partial charge is 0.469 e. The van der Waals surface area contributed by atoms with Crippen molar-refractivity contribution in [2.75, 3.05) is 5.32 Å². The van der Waals surface area contributed by atoms with E-state index in [9.17, 15) is 4.79 Å². The molecule has 0 radical (unpaired) electrons. The lowest BCUT2D eigenvalue weighted by Crippen LogP contribution is -2.11. The number of aromatic nitrogens is 1. The molecule has 0 atom stereocenters. The third-order valence-corrected chi connectivity index (χ3v) is 4.44. The predicted molar refractivity (Wildman–Crippen MR) is 91.7 cm³/mol. The van der Waals surface area contributed by atoms with Gasteiger partial charge in [-0.2, -0.15) is 0 Å². The Morgan fingerprint density at radius 1 is 1.29 bits per heavy atom. The van der Waals surface area contributed by atoms with Crippen LogP contribution >= 0.6 is 33.9 Å². The highest BCUT2D eigenvalue weighted by atomic mass is 127. The third kappa shape index (κ3) is 3.16. The summed E-state index contributed by atoms with van der Waals surface area (Å²) in [4.78, 5) is 16.5. The maximum absolute atomic E-state index is 12.1. The van der Waals surface area contributed by atoms with E-state index in [-0.39, 0.29) is 5.91 Å². The van der Waals surface area contributed by atoms with Gasteiger partial charge in [-0.3, -0.25) is 10.1 Å². The van der Waals surface area contributed by atoms with Crippen LogP contribution in [0.5, 0.6) is 0 Å². The number of benzene rings is 1. The first-order valence-corrected chi connectivity index (χ1v) is 8.16. The summed E-state index contributed by atoms with van der Waals surface area (Å²) >= 11 is 3.67. The van der Waals surface area contributed by atoms with Gasteiger partial charge in [0, 0.05) is 14.5 Å². The van der Waals surface area contributed by atoms with Gasteiger partial charge in [-0.05, 0) is 47.7 Å². The molecule has 1 N–H and O–H groups in total. The molecule has 21 heavy (non-hydrogen) atoms. The number of amides is 1. The number of hydrogen-bond donors (Lipinski definition) is 1. The molecule has 0 unspecified atom stereocenters. The van der Waals surface area contributed by atoms with E-state index in [1.54, 1.807) is 13.0 Å². The number of carbonyl (C=O) groups excluding carboxylic acids is 1. The summed E-state index contributed by atoms with van der Waals surface area (Å²) in [5, 5.41) is 5.30. The molecule has 2 aromatic heterocycles. The molecule has 0 saturated heterocycles. The van der Waals surface area contributed by atoms with E-state index in [0.29, 0.717) is 16.5 Å². The van der Waals surface area contributed by atoms with Crippen molar-refractivity contribution in [1.29, 1.82) is 0 Å². The highest BCUT2D eigenvalue weighted by Crippen LogP contribution is 2.26. The predicted octanol–water partition coefficient (Wildman–Crippen LogP) is 4.57. The van der Waals surface area contributed by atoms with Crippen molar-refractivity contribution < 1.29 is 9.21 Å². The number of halogens is 1. The molecule has 0 saturated carbocycles. The standard InChI is InChI=1S/C15H11IN2O2S/c1-9-12(6-7-20-9)14(19)18-15-17-13(8-21-15)10-2-4-11(16)5-3-10/h2-8H,1H3,(H,17,18,19). The van der Waals surface area contributed by atoms with Crippen molar-refractivity contribution in [3.63, 3.8) is 0 Å². The van der Waals surface area contributed by atoms with Gasteiger partial charge in [-0.25, -0.2) is 4.98 Å². The molecule has 0 aliphatic heterocycles. The SMILES string of the molecule is Cc1occc1C(=O)Nc1nc(-c2ccc(I)cc2)cs1. The van der Waals surface area contributed by atoms with Gasteiger partial charge in [0.05, 0.1) is 17.5 Å². The van der Waals surface area contributed by atoms with Gasteiger partial charge < -0.3 is 4.42 Å². The fraction of sp³-hybridized carbons (Fsp3) is 0.0667. The second-order valence-electron chi connectivity index (χ2n) is 4.39. The Morgan fingerprint density at radius 2 is 2.05 bits per heavy atom. The topological polar surface area (TPSA) is 55.1 Å². The van der Waals surface area contributed by atoms with Gasteiger partial charge in [0.25, 0.3) is 5.91 Å². The number of anilines is 1. The van der Waals surface area contributed by atoms with Crippen LogP contribution in [0.1, 0.15) is 16.1 Å². The molecule has 3 aromatic rings. The number of aryl methyl sites for hydroxylation is 1. The lowest BCUT2D eigenvalue weighted by molar-refractivity contribution is 0.102. The maximum Gasteiger partial charge on any atom is 0.260 e. The van der Waals surface area contributed by atoms with E-state index in [1.807, 2.05) is 29.6 Å². The van der Waals surface area contributed by atoms with Gasteiger partial charge in [0.1, 0.15) is 5.76 Å². The zero-order chi connectivity index (χ0) is 14.8. The minimum Gasteiger partial charge on any atom is -0.469 e. The summed E-state index contributed by atoms with van der Waals surface area (Å²) in [5.41, 5.74) is 2.42. The molecule has 0 aliphatic rings. The first-order chi connectivity index (χ1) is 10.1. The quantitative estimate of drug-likeness (QED) is 0.644. The van der Waals surface area contributed by atoms with Gasteiger partial charge in [0.15, 0.2) is 5.13 Å². The molecule has 0 aliphatic carbocycles. The molecule has 0 bridgehead atoms. The van der Waals surface area contributed by atoms with Crippen LogP contribution in [0.2, 0.25) is 0 Å². The molecule has 6 heteroatoms. The Kier molecular flexibility index (Phi) is 4.07. The average Bonchev–Trinajstić information content (AvgIpc) is 3.09. The van der Waals surface area contributed by atoms with E-state index < -0.39 is 0 Å². The summed E-state index contributed by atoms with van der Waals surface area (Å²) in [6.07, 6.45) is 1.50. The Morgan fingerprint density at radius 3 is 2.71 bits per heavy atom. The number of thiazole rings is 1. The Bertz CT molecular complexity index is 777. The average molecular weight is 410 g/mol. The molecule has 1 aromatic carbocycles. The number of carbonyl (C=O) groups is 1. The number of nitrogens with one attached hydrogen (secondary N) is 1. The molecule has 4 nitrogen and oxygen atoms in total. The Hall–Kier alpha value is -1.67. The molecule has 0 spiro atoms. The first kappa shape index (κ1) is 14.3. The van der Waals surface area contributed by atoms with Crippen LogP contribution in [0.25, 0.3) is 11.3 Å². The summed E-state index contributed by atoms with van der Waals surface area (Å²) in [5.74, 6) is 0.395. The molecular weight excluding hydrogens is 399 g/mol. The third-order valence-electron chi connectivity index (χ3n) is 2.97. The van der Waals surface area contributed by atoms with E-state index in [0.717, 1.165) is 11.3 Å². The smallest absolute Gasteiger partial charge is 0.260 e. The lowest BCUT2D eigenvalue weighted by Gasteiger charge is -2.00. The highest BCUT2D eigenvalue weighted by Gasteiger charge is 2.13.